The van der Waals surface area contributed by atoms with Crippen LogP contribution in [0.1, 0.15) is 12.5 Å². The number of hydrogen-bond donors (Lipinski definition) is 0. The van der Waals surface area contributed by atoms with Crippen LogP contribution in [0.25, 0.3) is 11.1 Å². The number of halogens is 4. The van der Waals surface area contributed by atoms with E-state index in [1.165, 1.54) is 6.07 Å². The van der Waals surface area contributed by atoms with Crippen molar-refractivity contribution in [2.24, 2.45) is 0 Å². The average molecular weight is 271 g/mol. The van der Waals surface area contributed by atoms with Crippen LogP contribution in [-0.4, -0.2) is 0 Å². The third-order valence-corrected chi connectivity index (χ3v) is 3.03. The van der Waals surface area contributed by atoms with Crippen LogP contribution in [0.2, 0.25) is 5.02 Å². The molecule has 0 unspecified atom stereocenters. The van der Waals surface area contributed by atoms with Crippen LogP contribution in [-0.2, 0) is 6.42 Å². The average Bonchev–Trinajstić information content (AvgIpc) is 2.30. The largest absolute Gasteiger partial charge is 0.207 e. The van der Waals surface area contributed by atoms with Gasteiger partial charge in [-0.15, -0.1) is 0 Å². The van der Waals surface area contributed by atoms with Gasteiger partial charge in [0.15, 0.2) is 0 Å². The van der Waals surface area contributed by atoms with E-state index in [2.05, 4.69) is 0 Å². The molecule has 0 atom stereocenters. The minimum atomic E-state index is -0.868. The molecule has 2 rings (SSSR count). The Kier molecular flexibility index (Phi) is 3.62. The first-order valence-electron chi connectivity index (χ1n) is 5.47. The fourth-order valence-corrected chi connectivity index (χ4v) is 2.14. The maximum Gasteiger partial charge on any atom is 0.135 e. The van der Waals surface area contributed by atoms with Gasteiger partial charge < -0.3 is 0 Å². The third-order valence-electron chi connectivity index (χ3n) is 2.74. The van der Waals surface area contributed by atoms with E-state index in [1.807, 2.05) is 0 Å². The summed E-state index contributed by atoms with van der Waals surface area (Å²) in [5, 5.41) is -0.139. The molecule has 0 N–H and O–H groups in total. The van der Waals surface area contributed by atoms with Gasteiger partial charge >= 0.3 is 0 Å². The van der Waals surface area contributed by atoms with Crippen molar-refractivity contribution in [3.05, 3.63) is 58.4 Å². The zero-order valence-electron chi connectivity index (χ0n) is 9.61. The lowest BCUT2D eigenvalue weighted by Gasteiger charge is -2.10. The van der Waals surface area contributed by atoms with Crippen molar-refractivity contribution in [2.75, 3.05) is 0 Å². The summed E-state index contributed by atoms with van der Waals surface area (Å²) in [6, 6.07) is 6.33. The van der Waals surface area contributed by atoms with Gasteiger partial charge in [-0.2, -0.15) is 0 Å². The van der Waals surface area contributed by atoms with E-state index >= 15 is 0 Å². The highest BCUT2D eigenvalue weighted by molar-refractivity contribution is 6.33. The molecule has 2 aromatic carbocycles. The quantitative estimate of drug-likeness (QED) is 0.721. The summed E-state index contributed by atoms with van der Waals surface area (Å²) in [6.45, 7) is 1.80. The van der Waals surface area contributed by atoms with Gasteiger partial charge in [0, 0.05) is 17.2 Å². The summed E-state index contributed by atoms with van der Waals surface area (Å²) in [5.41, 5.74) is 0.412. The fraction of sp³-hybridized carbons (Fsp3) is 0.143. The monoisotopic (exact) mass is 270 g/mol. The second kappa shape index (κ2) is 5.02. The molecule has 0 aromatic heterocycles. The second-order valence-electron chi connectivity index (χ2n) is 3.88. The normalized spacial score (nSPS) is 10.7. The van der Waals surface area contributed by atoms with Gasteiger partial charge in [0.25, 0.3) is 0 Å². The van der Waals surface area contributed by atoms with Crippen LogP contribution in [0.4, 0.5) is 13.2 Å². The molecule has 0 saturated heterocycles. The fourth-order valence-electron chi connectivity index (χ4n) is 1.85. The van der Waals surface area contributed by atoms with Crippen LogP contribution in [0, 0.1) is 17.5 Å². The van der Waals surface area contributed by atoms with E-state index in [-0.39, 0.29) is 16.1 Å². The molecular formula is C14H10ClF3. The third kappa shape index (κ3) is 2.23. The Morgan fingerprint density at radius 2 is 1.83 bits per heavy atom. The molecule has 2 aromatic rings. The molecule has 0 spiro atoms. The van der Waals surface area contributed by atoms with E-state index in [9.17, 15) is 13.2 Å². The number of benzene rings is 2. The first-order valence-corrected chi connectivity index (χ1v) is 5.84. The van der Waals surface area contributed by atoms with E-state index in [4.69, 9.17) is 11.6 Å². The van der Waals surface area contributed by atoms with Gasteiger partial charge in [-0.25, -0.2) is 13.2 Å². The van der Waals surface area contributed by atoms with Gasteiger partial charge in [0.05, 0.1) is 5.02 Å². The van der Waals surface area contributed by atoms with Gasteiger partial charge in [-0.1, -0.05) is 36.7 Å². The zero-order chi connectivity index (χ0) is 13.3. The summed E-state index contributed by atoms with van der Waals surface area (Å²) >= 11 is 5.79. The van der Waals surface area contributed by atoms with Crippen molar-refractivity contribution < 1.29 is 13.2 Å². The molecule has 0 aliphatic rings. The Labute approximate surface area is 108 Å². The summed E-state index contributed by atoms with van der Waals surface area (Å²) in [4.78, 5) is 0. The SMILES string of the molecule is CCc1cccc(-c2c(F)cc(F)cc2Cl)c1F. The predicted molar refractivity (Wildman–Crippen MR) is 66.1 cm³/mol. The molecule has 0 aliphatic carbocycles. The van der Waals surface area contributed by atoms with Crippen LogP contribution < -0.4 is 0 Å². The van der Waals surface area contributed by atoms with Crippen LogP contribution in [0.15, 0.2) is 30.3 Å². The Morgan fingerprint density at radius 3 is 2.44 bits per heavy atom. The molecule has 4 heteroatoms. The Balaban J connectivity index is 2.70. The summed E-state index contributed by atoms with van der Waals surface area (Å²) < 4.78 is 40.8. The Hall–Kier alpha value is -1.48. The maximum atomic E-state index is 14.1. The van der Waals surface area contributed by atoms with Gasteiger partial charge in [-0.05, 0) is 18.1 Å². The van der Waals surface area contributed by atoms with Crippen molar-refractivity contribution in [2.45, 2.75) is 13.3 Å². The topological polar surface area (TPSA) is 0 Å². The standard InChI is InChI=1S/C14H10ClF3/c1-2-8-4-3-5-10(14(8)18)13-11(15)6-9(16)7-12(13)17/h3-7H,2H2,1H3. The summed E-state index contributed by atoms with van der Waals surface area (Å²) in [5.74, 6) is -2.17. The van der Waals surface area contributed by atoms with Gasteiger partial charge in [0.1, 0.15) is 17.5 Å². The van der Waals surface area contributed by atoms with Crippen molar-refractivity contribution in [3.8, 4) is 11.1 Å². The van der Waals surface area contributed by atoms with Crippen LogP contribution in [0.3, 0.4) is 0 Å². The highest BCUT2D eigenvalue weighted by atomic mass is 35.5. The molecule has 0 amide bonds. The first kappa shape index (κ1) is 13.0. The second-order valence-corrected chi connectivity index (χ2v) is 4.28. The molecule has 0 fully saturated rings. The molecule has 0 heterocycles. The summed E-state index contributed by atoms with van der Waals surface area (Å²) in [6.07, 6.45) is 0.486. The molecule has 0 saturated carbocycles. The number of hydrogen-bond acceptors (Lipinski definition) is 0. The molecule has 0 aliphatic heterocycles. The van der Waals surface area contributed by atoms with Gasteiger partial charge in [-0.3, -0.25) is 0 Å². The van der Waals surface area contributed by atoms with E-state index in [0.717, 1.165) is 6.07 Å². The number of rotatable bonds is 2. The molecule has 18 heavy (non-hydrogen) atoms. The Morgan fingerprint density at radius 1 is 1.11 bits per heavy atom. The molecular weight excluding hydrogens is 261 g/mol. The van der Waals surface area contributed by atoms with Crippen LogP contribution in [0.5, 0.6) is 0 Å². The zero-order valence-corrected chi connectivity index (χ0v) is 10.4. The molecule has 0 nitrogen and oxygen atoms in total. The minimum Gasteiger partial charge on any atom is -0.207 e. The van der Waals surface area contributed by atoms with Crippen molar-refractivity contribution in [1.29, 1.82) is 0 Å². The van der Waals surface area contributed by atoms with Crippen LogP contribution >= 0.6 is 11.6 Å². The molecule has 94 valence electrons. The summed E-state index contributed by atoms with van der Waals surface area (Å²) in [7, 11) is 0. The lowest BCUT2D eigenvalue weighted by atomic mass is 10.0. The number of aryl methyl sites for hydroxylation is 1. The smallest absolute Gasteiger partial charge is 0.135 e. The Bertz CT molecular complexity index is 571. The lowest BCUT2D eigenvalue weighted by molar-refractivity contribution is 0.581. The molecule has 0 bridgehead atoms. The maximum absolute atomic E-state index is 14.1. The van der Waals surface area contributed by atoms with E-state index in [1.54, 1.807) is 19.1 Å². The minimum absolute atomic E-state index is 0.0526. The predicted octanol–water partition coefficient (Wildman–Crippen LogP) is 4.99. The van der Waals surface area contributed by atoms with Crippen molar-refractivity contribution in [1.82, 2.24) is 0 Å². The highest BCUT2D eigenvalue weighted by Gasteiger charge is 2.17. The van der Waals surface area contributed by atoms with Gasteiger partial charge in [0.2, 0.25) is 0 Å². The van der Waals surface area contributed by atoms with Crippen molar-refractivity contribution >= 4 is 11.6 Å². The van der Waals surface area contributed by atoms with Crippen molar-refractivity contribution in [3.63, 3.8) is 0 Å². The lowest BCUT2D eigenvalue weighted by Crippen LogP contribution is -1.95. The highest BCUT2D eigenvalue weighted by Crippen LogP contribution is 2.34. The van der Waals surface area contributed by atoms with E-state index in [0.29, 0.717) is 18.1 Å². The van der Waals surface area contributed by atoms with E-state index < -0.39 is 17.5 Å². The first-order chi connectivity index (χ1) is 8.54. The molecule has 0 radical (unpaired) electrons.